The quantitative estimate of drug-likeness (QED) is 0.304. The van der Waals surface area contributed by atoms with E-state index in [1.165, 1.54) is 16.9 Å². The third-order valence-corrected chi connectivity index (χ3v) is 6.71. The first-order valence-corrected chi connectivity index (χ1v) is 11.7. The van der Waals surface area contributed by atoms with Crippen molar-refractivity contribution in [2.24, 2.45) is 0 Å². The molecule has 6 nitrogen and oxygen atoms in total. The van der Waals surface area contributed by atoms with Gasteiger partial charge in [0.2, 0.25) is 0 Å². The maximum absolute atomic E-state index is 13.3. The summed E-state index contributed by atoms with van der Waals surface area (Å²) in [6, 6.07) is 15.1. The number of nitrogens with zero attached hydrogens (tertiary/aromatic N) is 3. The molecule has 2 heterocycles. The minimum absolute atomic E-state index is 0.123. The van der Waals surface area contributed by atoms with Crippen LogP contribution in [0.4, 0.5) is 5.13 Å². The van der Waals surface area contributed by atoms with E-state index in [4.69, 9.17) is 21.1 Å². The van der Waals surface area contributed by atoms with E-state index in [9.17, 15) is 4.79 Å². The van der Waals surface area contributed by atoms with Crippen LogP contribution in [0, 0.1) is 0 Å². The number of pyridine rings is 1. The molecule has 0 saturated heterocycles. The van der Waals surface area contributed by atoms with Gasteiger partial charge in [-0.3, -0.25) is 14.7 Å². The maximum Gasteiger partial charge on any atom is 0.267 e. The highest BCUT2D eigenvalue weighted by Gasteiger charge is 2.23. The van der Waals surface area contributed by atoms with Gasteiger partial charge >= 0.3 is 0 Å². The summed E-state index contributed by atoms with van der Waals surface area (Å²) in [5, 5.41) is 1.08. The van der Waals surface area contributed by atoms with Gasteiger partial charge in [-0.2, -0.15) is 0 Å². The van der Waals surface area contributed by atoms with Crippen molar-refractivity contribution in [3.05, 3.63) is 77.1 Å². The van der Waals surface area contributed by atoms with E-state index in [0.717, 1.165) is 10.3 Å². The van der Waals surface area contributed by atoms with Gasteiger partial charge in [-0.05, 0) is 47.4 Å². The molecular weight excluding hydrogens is 458 g/mol. The molecule has 0 unspecified atom stereocenters. The van der Waals surface area contributed by atoms with Crippen molar-refractivity contribution < 1.29 is 14.3 Å². The van der Waals surface area contributed by atoms with Gasteiger partial charge in [-0.15, -0.1) is 0 Å². The number of benzene rings is 2. The Bertz CT molecular complexity index is 1240. The molecule has 0 aliphatic rings. The molecule has 2 aromatic carbocycles. The number of carbonyl (C=O) groups is 1. The van der Waals surface area contributed by atoms with Crippen molar-refractivity contribution >= 4 is 44.2 Å². The number of hydrogen-bond acceptors (Lipinski definition) is 6. The summed E-state index contributed by atoms with van der Waals surface area (Å²) in [7, 11) is 1.58. The number of thiazole rings is 1. The van der Waals surface area contributed by atoms with Crippen LogP contribution in [0.25, 0.3) is 10.2 Å². The van der Waals surface area contributed by atoms with Gasteiger partial charge in [0.15, 0.2) is 11.7 Å². The van der Waals surface area contributed by atoms with E-state index in [2.05, 4.69) is 23.8 Å². The van der Waals surface area contributed by atoms with Crippen LogP contribution in [-0.2, 0) is 11.3 Å². The summed E-state index contributed by atoms with van der Waals surface area (Å²) in [5.74, 6) is 1.45. The predicted molar refractivity (Wildman–Crippen MR) is 133 cm³/mol. The number of hydrogen-bond donors (Lipinski definition) is 0. The lowest BCUT2D eigenvalue weighted by molar-refractivity contribution is -0.120. The van der Waals surface area contributed by atoms with Crippen LogP contribution in [-0.4, -0.2) is 29.6 Å². The highest BCUT2D eigenvalue weighted by atomic mass is 35.5. The largest absolute Gasteiger partial charge is 0.494 e. The number of rotatable bonds is 8. The van der Waals surface area contributed by atoms with Gasteiger partial charge in [-0.25, -0.2) is 4.98 Å². The van der Waals surface area contributed by atoms with Crippen LogP contribution in [0.2, 0.25) is 5.02 Å². The molecule has 0 fully saturated rings. The van der Waals surface area contributed by atoms with Crippen molar-refractivity contribution in [2.75, 3.05) is 18.6 Å². The highest BCUT2D eigenvalue weighted by Crippen LogP contribution is 2.39. The predicted octanol–water partition coefficient (Wildman–Crippen LogP) is 6.09. The Morgan fingerprint density at radius 3 is 2.61 bits per heavy atom. The van der Waals surface area contributed by atoms with Gasteiger partial charge in [0.25, 0.3) is 5.91 Å². The van der Waals surface area contributed by atoms with E-state index in [0.29, 0.717) is 39.6 Å². The number of carbonyl (C=O) groups excluding carboxylic acids is 1. The Balaban J connectivity index is 1.61. The fourth-order valence-electron chi connectivity index (χ4n) is 3.33. The molecule has 0 bridgehead atoms. The molecule has 0 aliphatic heterocycles. The number of amides is 1. The van der Waals surface area contributed by atoms with Crippen molar-refractivity contribution in [1.82, 2.24) is 9.97 Å². The standard InChI is InChI=1S/C25H24ClN3O3S/c1-16(2)18-6-8-19(9-7-18)32-15-22(30)29(14-17-5-4-12-27-13-17)25-28-23-21(31-3)11-10-20(26)24(23)33-25/h4-13,16H,14-15H2,1-3H3. The normalized spacial score (nSPS) is 11.1. The molecule has 2 aromatic heterocycles. The average Bonchev–Trinajstić information content (AvgIpc) is 3.28. The number of aromatic nitrogens is 2. The topological polar surface area (TPSA) is 64.5 Å². The molecule has 4 aromatic rings. The van der Waals surface area contributed by atoms with Gasteiger partial charge in [0, 0.05) is 12.4 Å². The molecule has 0 saturated carbocycles. The van der Waals surface area contributed by atoms with Crippen LogP contribution < -0.4 is 14.4 Å². The van der Waals surface area contributed by atoms with E-state index in [-0.39, 0.29) is 12.5 Å². The Labute approximate surface area is 201 Å². The van der Waals surface area contributed by atoms with Crippen molar-refractivity contribution in [3.63, 3.8) is 0 Å². The van der Waals surface area contributed by atoms with Crippen molar-refractivity contribution in [2.45, 2.75) is 26.3 Å². The molecule has 170 valence electrons. The second-order valence-electron chi connectivity index (χ2n) is 7.78. The van der Waals surface area contributed by atoms with Crippen LogP contribution >= 0.6 is 22.9 Å². The second-order valence-corrected chi connectivity index (χ2v) is 9.16. The first kappa shape index (κ1) is 23.0. The fraction of sp³-hybridized carbons (Fsp3) is 0.240. The Hall–Kier alpha value is -3.16. The third kappa shape index (κ3) is 5.26. The van der Waals surface area contributed by atoms with E-state index >= 15 is 0 Å². The minimum Gasteiger partial charge on any atom is -0.494 e. The van der Waals surface area contributed by atoms with Gasteiger partial charge < -0.3 is 9.47 Å². The molecule has 4 rings (SSSR count). The number of methoxy groups -OCH3 is 1. The fourth-order valence-corrected chi connectivity index (χ4v) is 4.60. The van der Waals surface area contributed by atoms with E-state index in [1.54, 1.807) is 36.5 Å². The monoisotopic (exact) mass is 481 g/mol. The zero-order valence-corrected chi connectivity index (χ0v) is 20.2. The molecule has 8 heteroatoms. The Morgan fingerprint density at radius 1 is 1.15 bits per heavy atom. The summed E-state index contributed by atoms with van der Waals surface area (Å²) in [6.07, 6.45) is 3.43. The van der Waals surface area contributed by atoms with Crippen LogP contribution in [0.5, 0.6) is 11.5 Å². The molecule has 0 N–H and O–H groups in total. The Morgan fingerprint density at radius 2 is 1.94 bits per heavy atom. The van der Waals surface area contributed by atoms with Gasteiger partial charge in [0.05, 0.1) is 23.4 Å². The van der Waals surface area contributed by atoms with Crippen LogP contribution in [0.1, 0.15) is 30.9 Å². The number of halogens is 1. The lowest BCUT2D eigenvalue weighted by Crippen LogP contribution is -2.34. The zero-order chi connectivity index (χ0) is 23.4. The van der Waals surface area contributed by atoms with Crippen molar-refractivity contribution in [3.8, 4) is 11.5 Å². The first-order chi connectivity index (χ1) is 16.0. The van der Waals surface area contributed by atoms with Crippen molar-refractivity contribution in [1.29, 1.82) is 0 Å². The molecular formula is C25H24ClN3O3S. The van der Waals surface area contributed by atoms with E-state index < -0.39 is 0 Å². The molecule has 1 amide bonds. The van der Waals surface area contributed by atoms with Gasteiger partial charge in [0.1, 0.15) is 17.0 Å². The molecule has 0 aliphatic carbocycles. The summed E-state index contributed by atoms with van der Waals surface area (Å²) < 4.78 is 12.0. The Kier molecular flexibility index (Phi) is 7.11. The SMILES string of the molecule is COc1ccc(Cl)c2sc(N(Cc3cccnc3)C(=O)COc3ccc(C(C)C)cc3)nc12. The molecule has 0 atom stereocenters. The maximum atomic E-state index is 13.3. The third-order valence-electron chi connectivity index (χ3n) is 5.17. The molecule has 0 spiro atoms. The van der Waals surface area contributed by atoms with E-state index in [1.807, 2.05) is 36.4 Å². The van der Waals surface area contributed by atoms with Crippen LogP contribution in [0.15, 0.2) is 60.9 Å². The number of fused-ring (bicyclic) bond motifs is 1. The zero-order valence-electron chi connectivity index (χ0n) is 18.6. The highest BCUT2D eigenvalue weighted by molar-refractivity contribution is 7.23. The summed E-state index contributed by atoms with van der Waals surface area (Å²) in [5.41, 5.74) is 2.72. The minimum atomic E-state index is -0.221. The number of ether oxygens (including phenoxy) is 2. The average molecular weight is 482 g/mol. The lowest BCUT2D eigenvalue weighted by Gasteiger charge is -2.20. The lowest BCUT2D eigenvalue weighted by atomic mass is 10.0. The molecule has 0 radical (unpaired) electrons. The first-order valence-electron chi connectivity index (χ1n) is 10.5. The van der Waals surface area contributed by atoms with Gasteiger partial charge in [-0.1, -0.05) is 55.0 Å². The smallest absolute Gasteiger partial charge is 0.267 e. The molecule has 33 heavy (non-hydrogen) atoms. The van der Waals surface area contributed by atoms with Crippen LogP contribution in [0.3, 0.4) is 0 Å². The summed E-state index contributed by atoms with van der Waals surface area (Å²) in [4.78, 5) is 23.7. The second kappa shape index (κ2) is 10.2. The summed E-state index contributed by atoms with van der Waals surface area (Å²) in [6.45, 7) is 4.45. The summed E-state index contributed by atoms with van der Waals surface area (Å²) >= 11 is 7.74. The number of anilines is 1.